The molecule has 4 nitrogen and oxygen atoms in total. The molecule has 3 aliphatic carbocycles. The number of aryl methyl sites for hydroxylation is 1. The Kier molecular flexibility index (Phi) is 4.61. The fraction of sp³-hybridized carbons (Fsp3) is 0.667. The summed E-state index contributed by atoms with van der Waals surface area (Å²) in [5, 5.41) is 3.35. The van der Waals surface area contributed by atoms with Crippen LogP contribution in [0.3, 0.4) is 0 Å². The predicted molar refractivity (Wildman–Crippen MR) is 96.8 cm³/mol. The Balaban J connectivity index is 1.30. The van der Waals surface area contributed by atoms with Crippen LogP contribution in [0.15, 0.2) is 18.2 Å². The van der Waals surface area contributed by atoms with Crippen molar-refractivity contribution in [3.05, 3.63) is 23.8 Å². The molecule has 0 aromatic heterocycles. The molecule has 136 valence electrons. The highest BCUT2D eigenvalue weighted by molar-refractivity contribution is 5.76. The molecule has 4 heteroatoms. The predicted octanol–water partition coefficient (Wildman–Crippen LogP) is 3.58. The summed E-state index contributed by atoms with van der Waals surface area (Å²) in [6, 6.07) is 6.31. The van der Waals surface area contributed by atoms with E-state index in [9.17, 15) is 4.79 Å². The summed E-state index contributed by atoms with van der Waals surface area (Å²) in [7, 11) is 3.27. The minimum Gasteiger partial charge on any atom is -0.493 e. The molecule has 4 rings (SSSR count). The van der Waals surface area contributed by atoms with Gasteiger partial charge in [-0.3, -0.25) is 4.79 Å². The average molecular weight is 343 g/mol. The molecule has 25 heavy (non-hydrogen) atoms. The number of methoxy groups -OCH3 is 2. The van der Waals surface area contributed by atoms with Gasteiger partial charge in [0.25, 0.3) is 0 Å². The smallest absolute Gasteiger partial charge is 0.220 e. The lowest BCUT2D eigenvalue weighted by molar-refractivity contribution is -0.122. The standard InChI is InChI=1S/C21H29NO3/c1-24-19-8-6-13(10-20(19)25-2)7-9-21(23)22-18-12-14-11-17(18)16-5-3-4-15(14)16/h6,8,10,14-18H,3-5,7,9,11-12H2,1-2H3,(H,22,23). The second-order valence-electron chi connectivity index (χ2n) is 8.02. The summed E-state index contributed by atoms with van der Waals surface area (Å²) < 4.78 is 10.6. The molecule has 3 saturated carbocycles. The van der Waals surface area contributed by atoms with Crippen LogP contribution in [-0.2, 0) is 11.2 Å². The topological polar surface area (TPSA) is 47.6 Å². The van der Waals surface area contributed by atoms with Crippen molar-refractivity contribution in [3.8, 4) is 11.5 Å². The quantitative estimate of drug-likeness (QED) is 0.859. The van der Waals surface area contributed by atoms with Crippen molar-refractivity contribution in [1.82, 2.24) is 5.32 Å². The second-order valence-corrected chi connectivity index (χ2v) is 8.02. The molecular weight excluding hydrogens is 314 g/mol. The highest BCUT2D eigenvalue weighted by atomic mass is 16.5. The van der Waals surface area contributed by atoms with Gasteiger partial charge in [0.15, 0.2) is 11.5 Å². The molecule has 0 spiro atoms. The van der Waals surface area contributed by atoms with Gasteiger partial charge in [-0.05, 0) is 73.5 Å². The maximum Gasteiger partial charge on any atom is 0.220 e. The van der Waals surface area contributed by atoms with E-state index in [2.05, 4.69) is 5.32 Å². The molecule has 1 amide bonds. The monoisotopic (exact) mass is 343 g/mol. The van der Waals surface area contributed by atoms with E-state index in [-0.39, 0.29) is 5.91 Å². The van der Waals surface area contributed by atoms with Gasteiger partial charge in [0, 0.05) is 12.5 Å². The van der Waals surface area contributed by atoms with Gasteiger partial charge in [-0.2, -0.15) is 0 Å². The third kappa shape index (κ3) is 3.11. The van der Waals surface area contributed by atoms with Crippen molar-refractivity contribution < 1.29 is 14.3 Å². The fourth-order valence-corrected chi connectivity index (χ4v) is 5.81. The van der Waals surface area contributed by atoms with Crippen LogP contribution in [0.25, 0.3) is 0 Å². The van der Waals surface area contributed by atoms with E-state index in [0.717, 1.165) is 47.2 Å². The van der Waals surface area contributed by atoms with Gasteiger partial charge in [0.1, 0.15) is 0 Å². The number of hydrogen-bond acceptors (Lipinski definition) is 3. The number of hydrogen-bond donors (Lipinski definition) is 1. The normalized spacial score (nSPS) is 32.5. The van der Waals surface area contributed by atoms with Crippen molar-refractivity contribution >= 4 is 5.91 Å². The van der Waals surface area contributed by atoms with Crippen molar-refractivity contribution in [2.75, 3.05) is 14.2 Å². The highest BCUT2D eigenvalue weighted by Crippen LogP contribution is 2.58. The molecule has 0 radical (unpaired) electrons. The Morgan fingerprint density at radius 2 is 1.88 bits per heavy atom. The molecule has 5 atom stereocenters. The first kappa shape index (κ1) is 16.7. The summed E-state index contributed by atoms with van der Waals surface area (Å²) in [6.07, 6.45) is 8.08. The molecule has 5 unspecified atom stereocenters. The van der Waals surface area contributed by atoms with Crippen LogP contribution >= 0.6 is 0 Å². The molecule has 0 saturated heterocycles. The molecular formula is C21H29NO3. The molecule has 1 aromatic carbocycles. The zero-order chi connectivity index (χ0) is 17.4. The summed E-state index contributed by atoms with van der Waals surface area (Å²) in [4.78, 5) is 12.5. The number of amides is 1. The lowest BCUT2D eigenvalue weighted by Gasteiger charge is -2.32. The number of carbonyl (C=O) groups excluding carboxylic acids is 1. The van der Waals surface area contributed by atoms with Crippen LogP contribution < -0.4 is 14.8 Å². The zero-order valence-corrected chi connectivity index (χ0v) is 15.3. The summed E-state index contributed by atoms with van der Waals surface area (Å²) in [6.45, 7) is 0. The van der Waals surface area contributed by atoms with E-state index >= 15 is 0 Å². The first-order chi connectivity index (χ1) is 12.2. The number of nitrogens with one attached hydrogen (secondary N) is 1. The Morgan fingerprint density at radius 3 is 2.68 bits per heavy atom. The Hall–Kier alpha value is -1.71. The molecule has 0 heterocycles. The van der Waals surface area contributed by atoms with Crippen LogP contribution in [0, 0.1) is 23.7 Å². The van der Waals surface area contributed by atoms with E-state index in [4.69, 9.17) is 9.47 Å². The van der Waals surface area contributed by atoms with Gasteiger partial charge in [0.05, 0.1) is 14.2 Å². The van der Waals surface area contributed by atoms with Gasteiger partial charge >= 0.3 is 0 Å². The number of benzene rings is 1. The molecule has 2 bridgehead atoms. The first-order valence-corrected chi connectivity index (χ1v) is 9.70. The number of carbonyl (C=O) groups is 1. The number of fused-ring (bicyclic) bond motifs is 5. The van der Waals surface area contributed by atoms with Crippen molar-refractivity contribution in [1.29, 1.82) is 0 Å². The number of ether oxygens (including phenoxy) is 2. The minimum absolute atomic E-state index is 0.196. The maximum absolute atomic E-state index is 12.5. The van der Waals surface area contributed by atoms with E-state index in [1.165, 1.54) is 32.1 Å². The largest absolute Gasteiger partial charge is 0.493 e. The SMILES string of the molecule is COc1ccc(CCC(=O)NC2CC3CC2C2CCCC32)cc1OC. The lowest BCUT2D eigenvalue weighted by atomic mass is 9.79. The van der Waals surface area contributed by atoms with Crippen LogP contribution in [0.2, 0.25) is 0 Å². The Morgan fingerprint density at radius 1 is 1.08 bits per heavy atom. The number of rotatable bonds is 6. The molecule has 0 aliphatic heterocycles. The minimum atomic E-state index is 0.196. The van der Waals surface area contributed by atoms with Crippen LogP contribution in [0.5, 0.6) is 11.5 Å². The van der Waals surface area contributed by atoms with Crippen molar-refractivity contribution in [2.24, 2.45) is 23.7 Å². The molecule has 1 aromatic rings. The van der Waals surface area contributed by atoms with Gasteiger partial charge in [-0.15, -0.1) is 0 Å². The van der Waals surface area contributed by atoms with Gasteiger partial charge < -0.3 is 14.8 Å². The second kappa shape index (κ2) is 6.89. The fourth-order valence-electron chi connectivity index (χ4n) is 5.81. The van der Waals surface area contributed by atoms with Crippen molar-refractivity contribution in [3.63, 3.8) is 0 Å². The van der Waals surface area contributed by atoms with Gasteiger partial charge in [0.2, 0.25) is 5.91 Å². The zero-order valence-electron chi connectivity index (χ0n) is 15.3. The Labute approximate surface area is 150 Å². The molecule has 3 fully saturated rings. The van der Waals surface area contributed by atoms with Gasteiger partial charge in [-0.1, -0.05) is 12.5 Å². The van der Waals surface area contributed by atoms with Crippen LogP contribution in [0.4, 0.5) is 0 Å². The van der Waals surface area contributed by atoms with Crippen LogP contribution in [0.1, 0.15) is 44.1 Å². The summed E-state index contributed by atoms with van der Waals surface area (Å²) >= 11 is 0. The summed E-state index contributed by atoms with van der Waals surface area (Å²) in [5.41, 5.74) is 1.11. The third-order valence-corrected chi connectivity index (χ3v) is 6.86. The molecule has 1 N–H and O–H groups in total. The summed E-state index contributed by atoms with van der Waals surface area (Å²) in [5.74, 6) is 5.16. The van der Waals surface area contributed by atoms with Crippen LogP contribution in [-0.4, -0.2) is 26.2 Å². The maximum atomic E-state index is 12.5. The average Bonchev–Trinajstić information content (AvgIpc) is 3.32. The van der Waals surface area contributed by atoms with E-state index < -0.39 is 0 Å². The van der Waals surface area contributed by atoms with Gasteiger partial charge in [-0.25, -0.2) is 0 Å². The Bertz CT molecular complexity index is 644. The first-order valence-electron chi connectivity index (χ1n) is 9.70. The lowest BCUT2D eigenvalue weighted by Crippen LogP contribution is -2.42. The van der Waals surface area contributed by atoms with Crippen molar-refractivity contribution in [2.45, 2.75) is 51.0 Å². The van der Waals surface area contributed by atoms with E-state index in [1.807, 2.05) is 18.2 Å². The van der Waals surface area contributed by atoms with E-state index in [1.54, 1.807) is 14.2 Å². The third-order valence-electron chi connectivity index (χ3n) is 6.86. The highest BCUT2D eigenvalue weighted by Gasteiger charge is 2.53. The molecule has 3 aliphatic rings. The van der Waals surface area contributed by atoms with E-state index in [0.29, 0.717) is 12.5 Å².